The summed E-state index contributed by atoms with van der Waals surface area (Å²) in [6.07, 6.45) is 3.31. The number of esters is 1. The quantitative estimate of drug-likeness (QED) is 0.484. The number of aryl methyl sites for hydroxylation is 1. The molecule has 1 aliphatic rings. The number of benzene rings is 1. The number of anilines is 1. The van der Waals surface area contributed by atoms with Crippen LogP contribution in [0.15, 0.2) is 18.2 Å². The number of hydrogen-bond acceptors (Lipinski definition) is 5. The largest absolute Gasteiger partial charge is 0.469 e. The molecule has 6 nitrogen and oxygen atoms in total. The third-order valence-corrected chi connectivity index (χ3v) is 3.85. The summed E-state index contributed by atoms with van der Waals surface area (Å²) in [6, 6.07) is 5.13. The monoisotopic (exact) mass is 292 g/mol. The maximum atomic E-state index is 11.5. The van der Waals surface area contributed by atoms with Gasteiger partial charge in [-0.05, 0) is 37.8 Å². The third kappa shape index (κ3) is 3.71. The van der Waals surface area contributed by atoms with E-state index in [-0.39, 0.29) is 22.6 Å². The minimum Gasteiger partial charge on any atom is -0.469 e. The lowest BCUT2D eigenvalue weighted by Crippen LogP contribution is -2.41. The molecule has 0 aromatic heterocycles. The number of non-ortho nitro benzene ring substituents is 1. The van der Waals surface area contributed by atoms with Gasteiger partial charge in [-0.1, -0.05) is 0 Å². The van der Waals surface area contributed by atoms with Crippen LogP contribution in [-0.4, -0.2) is 30.6 Å². The standard InChI is InChI=1S/C15H20N2O4/c1-11-7-13(9-14(8-11)17(19)20)16-6-4-3-5-12(16)10-15(18)21-2/h7-9,12H,3-6,10H2,1-2H3. The summed E-state index contributed by atoms with van der Waals surface area (Å²) in [5.74, 6) is -0.242. The summed E-state index contributed by atoms with van der Waals surface area (Å²) in [7, 11) is 1.38. The van der Waals surface area contributed by atoms with Crippen LogP contribution in [-0.2, 0) is 9.53 Å². The van der Waals surface area contributed by atoms with E-state index in [9.17, 15) is 14.9 Å². The highest BCUT2D eigenvalue weighted by Crippen LogP contribution is 2.30. The first-order valence-electron chi connectivity index (χ1n) is 7.11. The van der Waals surface area contributed by atoms with Crippen LogP contribution in [0.1, 0.15) is 31.2 Å². The van der Waals surface area contributed by atoms with Crippen LogP contribution in [0.25, 0.3) is 0 Å². The zero-order chi connectivity index (χ0) is 15.4. The molecule has 21 heavy (non-hydrogen) atoms. The summed E-state index contributed by atoms with van der Waals surface area (Å²) in [5, 5.41) is 11.0. The van der Waals surface area contributed by atoms with Gasteiger partial charge in [0, 0.05) is 30.4 Å². The SMILES string of the molecule is COC(=O)CC1CCCCN1c1cc(C)cc([N+](=O)[O-])c1. The second-order valence-corrected chi connectivity index (χ2v) is 5.41. The van der Waals surface area contributed by atoms with Crippen molar-refractivity contribution in [2.24, 2.45) is 0 Å². The molecule has 1 saturated heterocycles. The Morgan fingerprint density at radius 3 is 2.86 bits per heavy atom. The Balaban J connectivity index is 2.28. The summed E-state index contributed by atoms with van der Waals surface area (Å²) in [6.45, 7) is 2.65. The molecule has 0 amide bonds. The van der Waals surface area contributed by atoms with Crippen molar-refractivity contribution in [1.29, 1.82) is 0 Å². The van der Waals surface area contributed by atoms with Crippen molar-refractivity contribution >= 4 is 17.3 Å². The Hall–Kier alpha value is -2.11. The highest BCUT2D eigenvalue weighted by Gasteiger charge is 2.26. The Morgan fingerprint density at radius 2 is 2.19 bits per heavy atom. The second-order valence-electron chi connectivity index (χ2n) is 5.41. The Bertz CT molecular complexity index is 544. The van der Waals surface area contributed by atoms with Crippen molar-refractivity contribution < 1.29 is 14.5 Å². The number of piperidine rings is 1. The molecule has 1 aromatic carbocycles. The number of carbonyl (C=O) groups excluding carboxylic acids is 1. The fraction of sp³-hybridized carbons (Fsp3) is 0.533. The summed E-state index contributed by atoms with van der Waals surface area (Å²) in [5.41, 5.74) is 1.75. The molecular formula is C15H20N2O4. The van der Waals surface area contributed by atoms with Crippen LogP contribution < -0.4 is 4.90 Å². The lowest BCUT2D eigenvalue weighted by Gasteiger charge is -2.37. The number of nitro benzene ring substituents is 1. The van der Waals surface area contributed by atoms with Gasteiger partial charge in [-0.3, -0.25) is 14.9 Å². The number of methoxy groups -OCH3 is 1. The molecule has 6 heteroatoms. The van der Waals surface area contributed by atoms with Gasteiger partial charge in [0.1, 0.15) is 0 Å². The van der Waals surface area contributed by atoms with Gasteiger partial charge < -0.3 is 9.64 Å². The van der Waals surface area contributed by atoms with Crippen molar-refractivity contribution in [3.63, 3.8) is 0 Å². The van der Waals surface area contributed by atoms with E-state index in [0.717, 1.165) is 37.1 Å². The van der Waals surface area contributed by atoms with Crippen molar-refractivity contribution in [1.82, 2.24) is 0 Å². The van der Waals surface area contributed by atoms with Crippen molar-refractivity contribution in [3.05, 3.63) is 33.9 Å². The lowest BCUT2D eigenvalue weighted by atomic mass is 9.98. The number of carbonyl (C=O) groups is 1. The zero-order valence-electron chi connectivity index (χ0n) is 12.4. The van der Waals surface area contributed by atoms with Gasteiger partial charge in [0.05, 0.1) is 18.5 Å². The average molecular weight is 292 g/mol. The molecular weight excluding hydrogens is 272 g/mol. The van der Waals surface area contributed by atoms with Gasteiger partial charge in [-0.15, -0.1) is 0 Å². The molecule has 1 aromatic rings. The lowest BCUT2D eigenvalue weighted by molar-refractivity contribution is -0.384. The van der Waals surface area contributed by atoms with Gasteiger partial charge in [-0.25, -0.2) is 0 Å². The van der Waals surface area contributed by atoms with E-state index in [4.69, 9.17) is 4.74 Å². The first-order chi connectivity index (χ1) is 10.0. The molecule has 1 atom stereocenters. The van der Waals surface area contributed by atoms with Crippen LogP contribution in [0.4, 0.5) is 11.4 Å². The Labute approximate surface area is 123 Å². The number of nitro groups is 1. The van der Waals surface area contributed by atoms with Crippen molar-refractivity contribution in [2.45, 2.75) is 38.6 Å². The molecule has 0 spiro atoms. The number of rotatable bonds is 4. The number of nitrogens with zero attached hydrogens (tertiary/aromatic N) is 2. The highest BCUT2D eigenvalue weighted by atomic mass is 16.6. The molecule has 0 bridgehead atoms. The molecule has 1 fully saturated rings. The van der Waals surface area contributed by atoms with Crippen molar-refractivity contribution in [2.75, 3.05) is 18.6 Å². The number of hydrogen-bond donors (Lipinski definition) is 0. The molecule has 0 N–H and O–H groups in total. The molecule has 1 heterocycles. The van der Waals surface area contributed by atoms with E-state index in [1.807, 2.05) is 13.0 Å². The molecule has 1 aliphatic heterocycles. The van der Waals surface area contributed by atoms with Gasteiger partial charge in [0.15, 0.2) is 0 Å². The predicted octanol–water partition coefficient (Wildman–Crippen LogP) is 2.83. The normalized spacial score (nSPS) is 18.4. The third-order valence-electron chi connectivity index (χ3n) is 3.85. The van der Waals surface area contributed by atoms with Crippen LogP contribution >= 0.6 is 0 Å². The Kier molecular flexibility index (Phi) is 4.77. The second kappa shape index (κ2) is 6.56. The van der Waals surface area contributed by atoms with Crippen molar-refractivity contribution in [3.8, 4) is 0 Å². The van der Waals surface area contributed by atoms with Crippen LogP contribution in [0.2, 0.25) is 0 Å². The molecule has 2 rings (SSSR count). The first kappa shape index (κ1) is 15.3. The van der Waals surface area contributed by atoms with E-state index >= 15 is 0 Å². The highest BCUT2D eigenvalue weighted by molar-refractivity contribution is 5.71. The first-order valence-corrected chi connectivity index (χ1v) is 7.11. The summed E-state index contributed by atoms with van der Waals surface area (Å²) < 4.78 is 4.75. The van der Waals surface area contributed by atoms with E-state index in [0.29, 0.717) is 6.42 Å². The molecule has 0 aliphatic carbocycles. The van der Waals surface area contributed by atoms with Crippen LogP contribution in [0.5, 0.6) is 0 Å². The van der Waals surface area contributed by atoms with Gasteiger partial charge in [0.2, 0.25) is 0 Å². The predicted molar refractivity (Wildman–Crippen MR) is 79.5 cm³/mol. The van der Waals surface area contributed by atoms with Crippen LogP contribution in [0.3, 0.4) is 0 Å². The smallest absolute Gasteiger partial charge is 0.307 e. The van der Waals surface area contributed by atoms with E-state index < -0.39 is 0 Å². The molecule has 0 radical (unpaired) electrons. The zero-order valence-corrected chi connectivity index (χ0v) is 12.4. The summed E-state index contributed by atoms with van der Waals surface area (Å²) >= 11 is 0. The fourth-order valence-electron chi connectivity index (χ4n) is 2.84. The molecule has 1 unspecified atom stereocenters. The minimum atomic E-state index is -0.379. The molecule has 114 valence electrons. The maximum Gasteiger partial charge on any atom is 0.307 e. The van der Waals surface area contributed by atoms with Gasteiger partial charge >= 0.3 is 5.97 Å². The van der Waals surface area contributed by atoms with E-state index in [1.165, 1.54) is 7.11 Å². The minimum absolute atomic E-state index is 0.0487. The molecule has 0 saturated carbocycles. The summed E-state index contributed by atoms with van der Waals surface area (Å²) in [4.78, 5) is 24.3. The topological polar surface area (TPSA) is 72.7 Å². The van der Waals surface area contributed by atoms with E-state index in [1.54, 1.807) is 12.1 Å². The maximum absolute atomic E-state index is 11.5. The fourth-order valence-corrected chi connectivity index (χ4v) is 2.84. The van der Waals surface area contributed by atoms with Gasteiger partial charge in [-0.2, -0.15) is 0 Å². The van der Waals surface area contributed by atoms with Gasteiger partial charge in [0.25, 0.3) is 5.69 Å². The average Bonchev–Trinajstić information content (AvgIpc) is 2.47. The van der Waals surface area contributed by atoms with E-state index in [2.05, 4.69) is 4.90 Å². The Morgan fingerprint density at radius 1 is 1.43 bits per heavy atom. The number of ether oxygens (including phenoxy) is 1. The van der Waals surface area contributed by atoms with Crippen LogP contribution in [0, 0.1) is 17.0 Å².